The minimum absolute atomic E-state index is 0.406. The summed E-state index contributed by atoms with van der Waals surface area (Å²) in [5, 5.41) is 1.03. The molecule has 1 amide bonds. The lowest BCUT2D eigenvalue weighted by molar-refractivity contribution is -0.126. The quantitative estimate of drug-likeness (QED) is 0.833. The third-order valence-corrected chi connectivity index (χ3v) is 4.06. The summed E-state index contributed by atoms with van der Waals surface area (Å²) < 4.78 is 1.81. The number of carbonyl (C=O) groups is 1. The van der Waals surface area contributed by atoms with Crippen LogP contribution in [-0.2, 0) is 16.2 Å². The Kier molecular flexibility index (Phi) is 2.56. The number of carbonyl (C=O) groups excluding carboxylic acids is 1. The van der Waals surface area contributed by atoms with E-state index in [0.717, 1.165) is 25.5 Å². The molecule has 1 aromatic heterocycles. The predicted molar refractivity (Wildman–Crippen MR) is 66.7 cm³/mol. The number of primary amides is 1. The summed E-state index contributed by atoms with van der Waals surface area (Å²) in [6.45, 7) is 0.406. The van der Waals surface area contributed by atoms with Crippen LogP contribution in [0.4, 0.5) is 0 Å². The van der Waals surface area contributed by atoms with Gasteiger partial charge >= 0.3 is 0 Å². The molecule has 0 bridgehead atoms. The van der Waals surface area contributed by atoms with E-state index in [4.69, 9.17) is 22.2 Å². The lowest BCUT2D eigenvalue weighted by atomic mass is 9.97. The van der Waals surface area contributed by atoms with Crippen LogP contribution in [0.2, 0.25) is 4.34 Å². The number of nitrogens with two attached hydrogens (primary N) is 1. The topological polar surface area (TPSA) is 64.4 Å². The van der Waals surface area contributed by atoms with Gasteiger partial charge in [0.1, 0.15) is 6.04 Å². The van der Waals surface area contributed by atoms with Crippen LogP contribution < -0.4 is 11.2 Å². The standard InChI is InChI=1S/C11H9ClN2O2S/c12-9-3-6-7-4-16-14-10(11(13)15)5(7)1-2-8(6)17-9/h1-3,10,14H,4H2,(H2,13,15). The Bertz CT molecular complexity index is 611. The molecular formula is C11H9ClN2O2S. The molecule has 3 N–H and O–H groups in total. The molecule has 3 rings (SSSR count). The van der Waals surface area contributed by atoms with Crippen molar-refractivity contribution in [2.24, 2.45) is 5.73 Å². The van der Waals surface area contributed by atoms with Gasteiger partial charge in [-0.2, -0.15) is 5.48 Å². The molecule has 1 aliphatic rings. The first-order valence-electron chi connectivity index (χ1n) is 5.04. The van der Waals surface area contributed by atoms with Gasteiger partial charge in [-0.1, -0.05) is 17.7 Å². The molecule has 0 saturated carbocycles. The van der Waals surface area contributed by atoms with Gasteiger partial charge in [-0.15, -0.1) is 11.3 Å². The van der Waals surface area contributed by atoms with Crippen LogP contribution in [0.3, 0.4) is 0 Å². The van der Waals surface area contributed by atoms with Crippen LogP contribution in [0.5, 0.6) is 0 Å². The van der Waals surface area contributed by atoms with Gasteiger partial charge in [-0.05, 0) is 28.6 Å². The van der Waals surface area contributed by atoms with Crippen molar-refractivity contribution in [3.63, 3.8) is 0 Å². The first kappa shape index (κ1) is 11.0. The van der Waals surface area contributed by atoms with E-state index in [2.05, 4.69) is 5.48 Å². The molecule has 0 radical (unpaired) electrons. The Labute approximate surface area is 106 Å². The van der Waals surface area contributed by atoms with E-state index < -0.39 is 11.9 Å². The maximum absolute atomic E-state index is 11.3. The van der Waals surface area contributed by atoms with E-state index in [1.807, 2.05) is 18.2 Å². The SMILES string of the molecule is NC(=O)C1NOCc2c1ccc1sc(Cl)cc21. The summed E-state index contributed by atoms with van der Waals surface area (Å²) in [6, 6.07) is 5.15. The first-order valence-corrected chi connectivity index (χ1v) is 6.23. The largest absolute Gasteiger partial charge is 0.368 e. The van der Waals surface area contributed by atoms with Gasteiger partial charge in [-0.3, -0.25) is 9.63 Å². The zero-order valence-electron chi connectivity index (χ0n) is 8.70. The molecule has 0 spiro atoms. The van der Waals surface area contributed by atoms with Crippen molar-refractivity contribution in [2.45, 2.75) is 12.6 Å². The highest BCUT2D eigenvalue weighted by atomic mass is 35.5. The summed E-state index contributed by atoms with van der Waals surface area (Å²) in [6.07, 6.45) is 0. The number of hydroxylamine groups is 1. The van der Waals surface area contributed by atoms with Crippen LogP contribution in [0, 0.1) is 0 Å². The normalized spacial score (nSPS) is 19.2. The number of benzene rings is 1. The molecule has 0 saturated heterocycles. The van der Waals surface area contributed by atoms with E-state index in [0.29, 0.717) is 6.61 Å². The number of nitrogens with one attached hydrogen (secondary N) is 1. The molecule has 1 unspecified atom stereocenters. The van der Waals surface area contributed by atoms with Crippen LogP contribution in [0.25, 0.3) is 10.1 Å². The third-order valence-electron chi connectivity index (χ3n) is 2.83. The molecule has 1 aliphatic heterocycles. The minimum atomic E-state index is -0.596. The molecule has 0 aliphatic carbocycles. The highest BCUT2D eigenvalue weighted by Gasteiger charge is 2.26. The lowest BCUT2D eigenvalue weighted by Gasteiger charge is -2.24. The number of halogens is 1. The van der Waals surface area contributed by atoms with E-state index in [-0.39, 0.29) is 0 Å². The first-order chi connectivity index (χ1) is 8.16. The Hall–Kier alpha value is -1.14. The number of amides is 1. The highest BCUT2D eigenvalue weighted by Crippen LogP contribution is 2.36. The maximum Gasteiger partial charge on any atom is 0.241 e. The van der Waals surface area contributed by atoms with E-state index in [1.165, 1.54) is 11.3 Å². The zero-order chi connectivity index (χ0) is 12.0. The Morgan fingerprint density at radius 1 is 1.59 bits per heavy atom. The smallest absolute Gasteiger partial charge is 0.241 e. The molecule has 4 nitrogen and oxygen atoms in total. The van der Waals surface area contributed by atoms with Crippen molar-refractivity contribution in [3.05, 3.63) is 33.7 Å². The van der Waals surface area contributed by atoms with Gasteiger partial charge in [0.05, 0.1) is 10.9 Å². The Balaban J connectivity index is 2.25. The fourth-order valence-electron chi connectivity index (χ4n) is 2.06. The number of thiophene rings is 1. The van der Waals surface area contributed by atoms with E-state index in [9.17, 15) is 4.79 Å². The number of fused-ring (bicyclic) bond motifs is 3. The van der Waals surface area contributed by atoms with Gasteiger partial charge in [0.15, 0.2) is 0 Å². The molecule has 1 aromatic carbocycles. The Morgan fingerprint density at radius 3 is 3.18 bits per heavy atom. The minimum Gasteiger partial charge on any atom is -0.368 e. The zero-order valence-corrected chi connectivity index (χ0v) is 10.3. The number of hydrogen-bond acceptors (Lipinski definition) is 4. The van der Waals surface area contributed by atoms with Crippen LogP contribution in [0.1, 0.15) is 17.2 Å². The third kappa shape index (κ3) is 1.71. The van der Waals surface area contributed by atoms with Crippen LogP contribution in [0.15, 0.2) is 18.2 Å². The highest BCUT2D eigenvalue weighted by molar-refractivity contribution is 7.22. The van der Waals surface area contributed by atoms with Crippen LogP contribution in [-0.4, -0.2) is 5.91 Å². The fraction of sp³-hybridized carbons (Fsp3) is 0.182. The van der Waals surface area contributed by atoms with Gasteiger partial charge in [-0.25, -0.2) is 0 Å². The van der Waals surface area contributed by atoms with Gasteiger partial charge in [0.25, 0.3) is 0 Å². The summed E-state index contributed by atoms with van der Waals surface area (Å²) >= 11 is 7.50. The summed E-state index contributed by atoms with van der Waals surface area (Å²) in [5.74, 6) is -0.452. The predicted octanol–water partition coefficient (Wildman–Crippen LogP) is 2.12. The molecule has 1 atom stereocenters. The van der Waals surface area contributed by atoms with Crippen molar-refractivity contribution in [3.8, 4) is 0 Å². The average Bonchev–Trinajstić information content (AvgIpc) is 2.68. The average molecular weight is 269 g/mol. The monoisotopic (exact) mass is 268 g/mol. The molecule has 88 valence electrons. The Morgan fingerprint density at radius 2 is 2.41 bits per heavy atom. The van der Waals surface area contributed by atoms with Gasteiger partial charge in [0.2, 0.25) is 5.91 Å². The molecule has 0 fully saturated rings. The summed E-state index contributed by atoms with van der Waals surface area (Å²) in [4.78, 5) is 16.5. The van der Waals surface area contributed by atoms with Gasteiger partial charge < -0.3 is 5.73 Å². The molecule has 2 aromatic rings. The molecular weight excluding hydrogens is 260 g/mol. The molecule has 6 heteroatoms. The van der Waals surface area contributed by atoms with E-state index >= 15 is 0 Å². The number of rotatable bonds is 1. The lowest BCUT2D eigenvalue weighted by Crippen LogP contribution is -2.37. The second-order valence-corrected chi connectivity index (χ2v) is 5.55. The van der Waals surface area contributed by atoms with Crippen molar-refractivity contribution >= 4 is 38.9 Å². The van der Waals surface area contributed by atoms with Gasteiger partial charge in [0, 0.05) is 4.70 Å². The number of hydrogen-bond donors (Lipinski definition) is 2. The van der Waals surface area contributed by atoms with Crippen molar-refractivity contribution in [2.75, 3.05) is 0 Å². The molecule has 17 heavy (non-hydrogen) atoms. The van der Waals surface area contributed by atoms with Crippen molar-refractivity contribution in [1.29, 1.82) is 0 Å². The maximum atomic E-state index is 11.3. The van der Waals surface area contributed by atoms with Crippen molar-refractivity contribution < 1.29 is 9.63 Å². The fourth-order valence-corrected chi connectivity index (χ4v) is 3.23. The van der Waals surface area contributed by atoms with Crippen LogP contribution >= 0.6 is 22.9 Å². The van der Waals surface area contributed by atoms with Crippen molar-refractivity contribution in [1.82, 2.24) is 5.48 Å². The molecule has 2 heterocycles. The second-order valence-electron chi connectivity index (χ2n) is 3.84. The van der Waals surface area contributed by atoms with E-state index in [1.54, 1.807) is 0 Å². The second kappa shape index (κ2) is 3.96. The summed E-state index contributed by atoms with van der Waals surface area (Å²) in [5.41, 5.74) is 9.81. The summed E-state index contributed by atoms with van der Waals surface area (Å²) in [7, 11) is 0.